The van der Waals surface area contributed by atoms with E-state index in [0.29, 0.717) is 31.1 Å². The molecule has 9 heteroatoms. The molecule has 1 aromatic heterocycles. The van der Waals surface area contributed by atoms with Crippen molar-refractivity contribution in [3.63, 3.8) is 0 Å². The monoisotopic (exact) mass is 397 g/mol. The fraction of sp³-hybridized carbons (Fsp3) is 0.368. The van der Waals surface area contributed by atoms with Crippen molar-refractivity contribution in [3.8, 4) is 5.75 Å². The third-order valence-electron chi connectivity index (χ3n) is 4.40. The summed E-state index contributed by atoms with van der Waals surface area (Å²) in [5, 5.41) is 2.78. The van der Waals surface area contributed by atoms with Crippen LogP contribution in [0.3, 0.4) is 0 Å². The standard InChI is InChI=1S/C19H19F4N3O2/c1-11(25-12(2)27)13-3-5-15(6-4-13)28-16-9-26(10-16)18-17(20)7-14(8-24-18)19(21,22)23/h3-8,11,16H,9-10H2,1-2H3,(H,25,27). The van der Waals surface area contributed by atoms with Crippen molar-refractivity contribution in [2.24, 2.45) is 0 Å². The van der Waals surface area contributed by atoms with E-state index in [0.717, 1.165) is 5.56 Å². The number of alkyl halides is 3. The molecule has 0 saturated carbocycles. The van der Waals surface area contributed by atoms with Crippen LogP contribution in [0.4, 0.5) is 23.4 Å². The van der Waals surface area contributed by atoms with Crippen LogP contribution in [0, 0.1) is 5.82 Å². The molecule has 1 saturated heterocycles. The predicted octanol–water partition coefficient (Wildman–Crippen LogP) is 3.70. The Bertz CT molecular complexity index is 849. The third-order valence-corrected chi connectivity index (χ3v) is 4.40. The first-order valence-corrected chi connectivity index (χ1v) is 8.65. The highest BCUT2D eigenvalue weighted by molar-refractivity contribution is 5.73. The highest BCUT2D eigenvalue weighted by atomic mass is 19.4. The van der Waals surface area contributed by atoms with Crippen LogP contribution in [0.2, 0.25) is 0 Å². The summed E-state index contributed by atoms with van der Waals surface area (Å²) < 4.78 is 57.5. The second-order valence-corrected chi connectivity index (χ2v) is 6.66. The molecular formula is C19H19F4N3O2. The summed E-state index contributed by atoms with van der Waals surface area (Å²) in [5.41, 5.74) is -0.190. The van der Waals surface area contributed by atoms with Gasteiger partial charge in [-0.3, -0.25) is 4.79 Å². The van der Waals surface area contributed by atoms with E-state index in [2.05, 4.69) is 10.3 Å². The smallest absolute Gasteiger partial charge is 0.417 e. The first kappa shape index (κ1) is 19.9. The Hall–Kier alpha value is -2.84. The van der Waals surface area contributed by atoms with Crippen molar-refractivity contribution in [1.82, 2.24) is 10.3 Å². The third kappa shape index (κ3) is 4.52. The zero-order valence-electron chi connectivity index (χ0n) is 15.3. The van der Waals surface area contributed by atoms with Gasteiger partial charge in [-0.05, 0) is 30.7 Å². The Labute approximate surface area is 159 Å². The molecule has 1 aromatic carbocycles. The van der Waals surface area contributed by atoms with Crippen molar-refractivity contribution in [2.45, 2.75) is 32.2 Å². The van der Waals surface area contributed by atoms with Gasteiger partial charge in [-0.1, -0.05) is 12.1 Å². The fourth-order valence-electron chi connectivity index (χ4n) is 2.92. The molecule has 1 atom stereocenters. The second kappa shape index (κ2) is 7.65. The Kier molecular flexibility index (Phi) is 5.44. The number of anilines is 1. The van der Waals surface area contributed by atoms with Crippen molar-refractivity contribution < 1.29 is 27.1 Å². The van der Waals surface area contributed by atoms with Gasteiger partial charge < -0.3 is 15.0 Å². The van der Waals surface area contributed by atoms with Gasteiger partial charge in [-0.2, -0.15) is 13.2 Å². The molecule has 1 aliphatic heterocycles. The molecule has 0 radical (unpaired) electrons. The normalized spacial score (nSPS) is 15.7. The number of aromatic nitrogens is 1. The number of rotatable bonds is 5. The van der Waals surface area contributed by atoms with Gasteiger partial charge >= 0.3 is 6.18 Å². The maximum Gasteiger partial charge on any atom is 0.417 e. The largest absolute Gasteiger partial charge is 0.487 e. The zero-order valence-corrected chi connectivity index (χ0v) is 15.3. The summed E-state index contributed by atoms with van der Waals surface area (Å²) in [4.78, 5) is 16.2. The molecule has 0 spiro atoms. The number of hydrogen-bond acceptors (Lipinski definition) is 4. The minimum Gasteiger partial charge on any atom is -0.487 e. The summed E-state index contributed by atoms with van der Waals surface area (Å²) in [6.45, 7) is 3.95. The predicted molar refractivity (Wildman–Crippen MR) is 94.5 cm³/mol. The molecule has 3 rings (SSSR count). The van der Waals surface area contributed by atoms with Crippen molar-refractivity contribution >= 4 is 11.7 Å². The fourth-order valence-corrected chi connectivity index (χ4v) is 2.92. The lowest BCUT2D eigenvalue weighted by Gasteiger charge is -2.39. The molecule has 1 aliphatic rings. The lowest BCUT2D eigenvalue weighted by molar-refractivity contribution is -0.138. The quantitative estimate of drug-likeness (QED) is 0.782. The van der Waals surface area contributed by atoms with E-state index in [1.54, 1.807) is 12.1 Å². The van der Waals surface area contributed by atoms with E-state index < -0.39 is 17.6 Å². The summed E-state index contributed by atoms with van der Waals surface area (Å²) in [6, 6.07) is 7.54. The average Bonchev–Trinajstić information content (AvgIpc) is 2.57. The lowest BCUT2D eigenvalue weighted by atomic mass is 10.1. The summed E-state index contributed by atoms with van der Waals surface area (Å²) in [6.07, 6.45) is -4.22. The highest BCUT2D eigenvalue weighted by Gasteiger charge is 2.35. The Morgan fingerprint density at radius 2 is 1.93 bits per heavy atom. The van der Waals surface area contributed by atoms with Crippen molar-refractivity contribution in [2.75, 3.05) is 18.0 Å². The SMILES string of the molecule is CC(=O)NC(C)c1ccc(OC2CN(c3ncc(C(F)(F)F)cc3F)C2)cc1. The second-order valence-electron chi connectivity index (χ2n) is 6.66. The first-order chi connectivity index (χ1) is 13.1. The molecular weight excluding hydrogens is 378 g/mol. The van der Waals surface area contributed by atoms with Crippen LogP contribution in [0.5, 0.6) is 5.75 Å². The summed E-state index contributed by atoms with van der Waals surface area (Å²) in [5.74, 6) is -0.632. The summed E-state index contributed by atoms with van der Waals surface area (Å²) >= 11 is 0. The molecule has 1 fully saturated rings. The zero-order chi connectivity index (χ0) is 20.5. The average molecular weight is 397 g/mol. The molecule has 150 valence electrons. The van der Waals surface area contributed by atoms with Gasteiger partial charge in [0.05, 0.1) is 24.7 Å². The van der Waals surface area contributed by atoms with Crippen molar-refractivity contribution in [3.05, 3.63) is 53.5 Å². The topological polar surface area (TPSA) is 54.5 Å². The van der Waals surface area contributed by atoms with Crippen LogP contribution in [-0.2, 0) is 11.0 Å². The molecule has 0 aliphatic carbocycles. The van der Waals surface area contributed by atoms with Gasteiger partial charge in [0.2, 0.25) is 5.91 Å². The number of ether oxygens (including phenoxy) is 1. The van der Waals surface area contributed by atoms with Gasteiger partial charge in [0.25, 0.3) is 0 Å². The van der Waals surface area contributed by atoms with E-state index in [1.807, 2.05) is 19.1 Å². The number of halogens is 4. The number of hydrogen-bond donors (Lipinski definition) is 1. The number of pyridine rings is 1. The van der Waals surface area contributed by atoms with E-state index in [1.165, 1.54) is 11.8 Å². The number of amides is 1. The van der Waals surface area contributed by atoms with E-state index in [9.17, 15) is 22.4 Å². The molecule has 1 unspecified atom stereocenters. The number of benzene rings is 1. The number of nitrogens with zero attached hydrogens (tertiary/aromatic N) is 2. The molecule has 5 nitrogen and oxygen atoms in total. The van der Waals surface area contributed by atoms with Crippen LogP contribution < -0.4 is 15.0 Å². The van der Waals surface area contributed by atoms with Crippen LogP contribution in [0.25, 0.3) is 0 Å². The number of carbonyl (C=O) groups excluding carboxylic acids is 1. The van der Waals surface area contributed by atoms with E-state index in [-0.39, 0.29) is 23.9 Å². The highest BCUT2D eigenvalue weighted by Crippen LogP contribution is 2.32. The Morgan fingerprint density at radius 1 is 1.29 bits per heavy atom. The van der Waals surface area contributed by atoms with Gasteiger partial charge in [0, 0.05) is 13.1 Å². The first-order valence-electron chi connectivity index (χ1n) is 8.65. The van der Waals surface area contributed by atoms with Crippen LogP contribution >= 0.6 is 0 Å². The molecule has 1 amide bonds. The van der Waals surface area contributed by atoms with E-state index >= 15 is 0 Å². The molecule has 1 N–H and O–H groups in total. The molecule has 2 aromatic rings. The lowest BCUT2D eigenvalue weighted by Crippen LogP contribution is -2.54. The number of carbonyl (C=O) groups is 1. The van der Waals surface area contributed by atoms with Crippen LogP contribution in [-0.4, -0.2) is 30.1 Å². The molecule has 0 bridgehead atoms. The van der Waals surface area contributed by atoms with Crippen LogP contribution in [0.15, 0.2) is 36.5 Å². The maximum absolute atomic E-state index is 13.9. The molecule has 2 heterocycles. The Morgan fingerprint density at radius 3 is 2.46 bits per heavy atom. The maximum atomic E-state index is 13.9. The summed E-state index contributed by atoms with van der Waals surface area (Å²) in [7, 11) is 0. The minimum atomic E-state index is -4.63. The minimum absolute atomic E-state index is 0.118. The van der Waals surface area contributed by atoms with Gasteiger partial charge in [-0.25, -0.2) is 9.37 Å². The van der Waals surface area contributed by atoms with Gasteiger partial charge in [0.1, 0.15) is 11.9 Å². The van der Waals surface area contributed by atoms with E-state index in [4.69, 9.17) is 4.74 Å². The van der Waals surface area contributed by atoms with Crippen molar-refractivity contribution in [1.29, 1.82) is 0 Å². The van der Waals surface area contributed by atoms with Crippen LogP contribution in [0.1, 0.15) is 31.0 Å². The Balaban J connectivity index is 1.55. The molecule has 28 heavy (non-hydrogen) atoms. The number of nitrogens with one attached hydrogen (secondary N) is 1. The van der Waals surface area contributed by atoms with Gasteiger partial charge in [0.15, 0.2) is 11.6 Å². The van der Waals surface area contributed by atoms with Gasteiger partial charge in [-0.15, -0.1) is 0 Å².